The molecule has 2 rings (SSSR count). The van der Waals surface area contributed by atoms with Crippen molar-refractivity contribution in [3.63, 3.8) is 0 Å². The summed E-state index contributed by atoms with van der Waals surface area (Å²) in [4.78, 5) is 0. The highest BCUT2D eigenvalue weighted by Gasteiger charge is 2.31. The second-order valence-corrected chi connectivity index (χ2v) is 4.13. The van der Waals surface area contributed by atoms with Gasteiger partial charge in [0.05, 0.1) is 0 Å². The van der Waals surface area contributed by atoms with Gasteiger partial charge in [-0.2, -0.15) is 0 Å². The van der Waals surface area contributed by atoms with Crippen molar-refractivity contribution in [3.05, 3.63) is 29.8 Å². The molecule has 1 aliphatic rings. The topological polar surface area (TPSA) is 21.3 Å². The van der Waals surface area contributed by atoms with Gasteiger partial charge in [-0.25, -0.2) is 0 Å². The third-order valence-electron chi connectivity index (χ3n) is 2.60. The van der Waals surface area contributed by atoms with Gasteiger partial charge in [-0.1, -0.05) is 18.2 Å². The van der Waals surface area contributed by atoms with Crippen molar-refractivity contribution in [3.8, 4) is 5.75 Å². The van der Waals surface area contributed by atoms with Gasteiger partial charge in [0, 0.05) is 6.04 Å². The fraction of sp³-hybridized carbons (Fsp3) is 0.500. The fourth-order valence-corrected chi connectivity index (χ4v) is 1.63. The molecule has 94 valence electrons. The average molecular weight is 245 g/mol. The molecule has 1 aromatic carbocycles. The summed E-state index contributed by atoms with van der Waals surface area (Å²) in [5.74, 6) is -0.0994. The Balaban J connectivity index is 1.94. The molecule has 1 saturated carbocycles. The summed E-state index contributed by atoms with van der Waals surface area (Å²) in [6.07, 6.45) is -1.75. The van der Waals surface area contributed by atoms with Crippen LogP contribution >= 0.6 is 0 Å². The fourth-order valence-electron chi connectivity index (χ4n) is 1.63. The third-order valence-corrected chi connectivity index (χ3v) is 2.60. The molecule has 0 amide bonds. The van der Waals surface area contributed by atoms with Crippen molar-refractivity contribution >= 4 is 0 Å². The van der Waals surface area contributed by atoms with E-state index in [4.69, 9.17) is 0 Å². The van der Waals surface area contributed by atoms with Crippen LogP contribution in [-0.4, -0.2) is 18.9 Å². The van der Waals surface area contributed by atoms with Gasteiger partial charge >= 0.3 is 6.36 Å². The molecule has 0 aromatic heterocycles. The third kappa shape index (κ3) is 4.26. The highest BCUT2D eigenvalue weighted by atomic mass is 19.4. The molecule has 0 unspecified atom stereocenters. The number of alkyl halides is 3. The number of ether oxygens (including phenoxy) is 1. The van der Waals surface area contributed by atoms with E-state index < -0.39 is 6.36 Å². The maximum atomic E-state index is 12.1. The lowest BCUT2D eigenvalue weighted by Gasteiger charge is -2.13. The summed E-state index contributed by atoms with van der Waals surface area (Å²) in [6.45, 7) is 0.683. The lowest BCUT2D eigenvalue weighted by atomic mass is 10.1. The second kappa shape index (κ2) is 4.96. The van der Waals surface area contributed by atoms with Gasteiger partial charge in [0.2, 0.25) is 0 Å². The first kappa shape index (κ1) is 12.2. The SMILES string of the molecule is FC(F)(F)Oc1ccccc1CCNC1CC1. The molecule has 0 atom stereocenters. The smallest absolute Gasteiger partial charge is 0.406 e. The maximum Gasteiger partial charge on any atom is 0.573 e. The van der Waals surface area contributed by atoms with Crippen LogP contribution in [0.1, 0.15) is 18.4 Å². The van der Waals surface area contributed by atoms with Gasteiger partial charge in [0.1, 0.15) is 5.75 Å². The van der Waals surface area contributed by atoms with Gasteiger partial charge in [0.15, 0.2) is 0 Å². The van der Waals surface area contributed by atoms with E-state index in [9.17, 15) is 13.2 Å². The Labute approximate surface area is 97.8 Å². The van der Waals surface area contributed by atoms with Crippen molar-refractivity contribution in [2.45, 2.75) is 31.7 Å². The van der Waals surface area contributed by atoms with Crippen LogP contribution in [0.3, 0.4) is 0 Å². The maximum absolute atomic E-state index is 12.1. The normalized spacial score (nSPS) is 15.9. The standard InChI is InChI=1S/C12H14F3NO/c13-12(14,15)17-11-4-2-1-3-9(11)7-8-16-10-5-6-10/h1-4,10,16H,5-8H2. The second-order valence-electron chi connectivity index (χ2n) is 4.13. The summed E-state index contributed by atoms with van der Waals surface area (Å²) in [5.41, 5.74) is 0.581. The number of hydrogen-bond donors (Lipinski definition) is 1. The molecule has 2 nitrogen and oxygen atoms in total. The molecule has 0 bridgehead atoms. The lowest BCUT2D eigenvalue weighted by molar-refractivity contribution is -0.274. The molecule has 17 heavy (non-hydrogen) atoms. The first-order valence-electron chi connectivity index (χ1n) is 5.61. The summed E-state index contributed by atoms with van der Waals surface area (Å²) in [6, 6.07) is 6.83. The molecule has 1 fully saturated rings. The quantitative estimate of drug-likeness (QED) is 0.861. The van der Waals surface area contributed by atoms with Crippen molar-refractivity contribution in [2.24, 2.45) is 0 Å². The molecule has 0 heterocycles. The van der Waals surface area contributed by atoms with Crippen LogP contribution in [0.15, 0.2) is 24.3 Å². The summed E-state index contributed by atoms with van der Waals surface area (Å²) < 4.78 is 40.4. The highest BCUT2D eigenvalue weighted by Crippen LogP contribution is 2.26. The van der Waals surface area contributed by atoms with Gasteiger partial charge in [0.25, 0.3) is 0 Å². The zero-order valence-electron chi connectivity index (χ0n) is 9.26. The highest BCUT2D eigenvalue weighted by molar-refractivity contribution is 5.33. The zero-order chi connectivity index (χ0) is 12.3. The Morgan fingerprint density at radius 3 is 2.59 bits per heavy atom. The number of halogens is 3. The first-order chi connectivity index (χ1) is 8.04. The lowest BCUT2D eigenvalue weighted by Crippen LogP contribution is -2.21. The van der Waals surface area contributed by atoms with Crippen LogP contribution in [0.25, 0.3) is 0 Å². The van der Waals surface area contributed by atoms with Crippen LogP contribution in [0, 0.1) is 0 Å². The van der Waals surface area contributed by atoms with E-state index in [1.807, 2.05) is 0 Å². The summed E-state index contributed by atoms with van der Waals surface area (Å²) >= 11 is 0. The van der Waals surface area contributed by atoms with E-state index in [0.29, 0.717) is 24.6 Å². The van der Waals surface area contributed by atoms with E-state index in [1.54, 1.807) is 18.2 Å². The minimum Gasteiger partial charge on any atom is -0.406 e. The molecule has 5 heteroatoms. The summed E-state index contributed by atoms with van der Waals surface area (Å²) in [7, 11) is 0. The van der Waals surface area contributed by atoms with Crippen LogP contribution in [0.2, 0.25) is 0 Å². The minimum absolute atomic E-state index is 0.0994. The Hall–Kier alpha value is -1.23. The van der Waals surface area contributed by atoms with Crippen molar-refractivity contribution in [1.82, 2.24) is 5.32 Å². The summed E-state index contributed by atoms with van der Waals surface area (Å²) in [5, 5.41) is 3.26. The molecule has 1 aliphatic carbocycles. The van der Waals surface area contributed by atoms with Gasteiger partial charge < -0.3 is 10.1 Å². The molecule has 0 spiro atoms. The molecule has 1 aromatic rings. The Bertz CT molecular complexity index is 374. The molecule has 0 radical (unpaired) electrons. The van der Waals surface area contributed by atoms with Gasteiger partial charge in [-0.05, 0) is 37.4 Å². The van der Waals surface area contributed by atoms with Gasteiger partial charge in [-0.15, -0.1) is 13.2 Å². The number of nitrogens with one attached hydrogen (secondary N) is 1. The van der Waals surface area contributed by atoms with E-state index in [2.05, 4.69) is 10.1 Å². The predicted molar refractivity (Wildman–Crippen MR) is 57.9 cm³/mol. The molecular weight excluding hydrogens is 231 g/mol. The Morgan fingerprint density at radius 2 is 1.94 bits per heavy atom. The van der Waals surface area contributed by atoms with Gasteiger partial charge in [-0.3, -0.25) is 0 Å². The van der Waals surface area contributed by atoms with Crippen LogP contribution in [0.5, 0.6) is 5.75 Å². The monoisotopic (exact) mass is 245 g/mol. The molecule has 0 saturated heterocycles. The van der Waals surface area contributed by atoms with Crippen molar-refractivity contribution in [2.75, 3.05) is 6.54 Å². The van der Waals surface area contributed by atoms with Crippen molar-refractivity contribution < 1.29 is 17.9 Å². The number of para-hydroxylation sites is 1. The minimum atomic E-state index is -4.62. The first-order valence-corrected chi connectivity index (χ1v) is 5.61. The Kier molecular flexibility index (Phi) is 3.57. The van der Waals surface area contributed by atoms with E-state index in [-0.39, 0.29) is 5.75 Å². The molecule has 1 N–H and O–H groups in total. The van der Waals surface area contributed by atoms with Crippen LogP contribution < -0.4 is 10.1 Å². The van der Waals surface area contributed by atoms with Crippen LogP contribution in [0.4, 0.5) is 13.2 Å². The predicted octanol–water partition coefficient (Wildman–Crippen LogP) is 2.88. The number of rotatable bonds is 5. The average Bonchev–Trinajstić information content (AvgIpc) is 3.02. The Morgan fingerprint density at radius 1 is 1.24 bits per heavy atom. The van der Waals surface area contributed by atoms with Crippen LogP contribution in [-0.2, 0) is 6.42 Å². The number of benzene rings is 1. The number of hydrogen-bond acceptors (Lipinski definition) is 2. The van der Waals surface area contributed by atoms with E-state index >= 15 is 0 Å². The largest absolute Gasteiger partial charge is 0.573 e. The van der Waals surface area contributed by atoms with Crippen molar-refractivity contribution in [1.29, 1.82) is 0 Å². The van der Waals surface area contributed by atoms with E-state index in [0.717, 1.165) is 0 Å². The zero-order valence-corrected chi connectivity index (χ0v) is 9.26. The van der Waals surface area contributed by atoms with E-state index in [1.165, 1.54) is 18.9 Å². The molecule has 0 aliphatic heterocycles. The molecular formula is C12H14F3NO.